The number of unbranched alkanes of at least 4 members (excludes halogenated alkanes) is 2. The van der Waals surface area contributed by atoms with Crippen LogP contribution < -0.4 is 9.80 Å². The number of carbonyl (C=O) groups is 1. The average molecular weight is 486 g/mol. The third-order valence-electron chi connectivity index (χ3n) is 6.84. The van der Waals surface area contributed by atoms with Crippen LogP contribution in [0.3, 0.4) is 0 Å². The molecule has 2 aromatic carbocycles. The van der Waals surface area contributed by atoms with Gasteiger partial charge in [0.2, 0.25) is 0 Å². The van der Waals surface area contributed by atoms with Crippen LogP contribution in [0.4, 0.5) is 11.5 Å². The number of hydrogen-bond acceptors (Lipinski definition) is 5. The number of benzene rings is 2. The molecule has 0 saturated carbocycles. The summed E-state index contributed by atoms with van der Waals surface area (Å²) < 4.78 is 0. The number of aromatic nitrogens is 2. The number of hydrogen-bond donors (Lipinski definition) is 0. The number of fused-ring (bicyclic) bond motifs is 1. The molecule has 3 aromatic rings. The van der Waals surface area contributed by atoms with Crippen molar-refractivity contribution in [2.45, 2.75) is 52.0 Å². The van der Waals surface area contributed by atoms with Crippen molar-refractivity contribution in [3.63, 3.8) is 0 Å². The monoisotopic (exact) mass is 485 g/mol. The number of aryl methyl sites for hydroxylation is 2. The summed E-state index contributed by atoms with van der Waals surface area (Å²) in [6.45, 7) is 5.54. The summed E-state index contributed by atoms with van der Waals surface area (Å²) in [5, 5.41) is 0. The van der Waals surface area contributed by atoms with Gasteiger partial charge < -0.3 is 14.7 Å². The summed E-state index contributed by atoms with van der Waals surface area (Å²) in [4.78, 5) is 29.2. The third kappa shape index (κ3) is 6.70. The maximum absolute atomic E-state index is 13.6. The van der Waals surface area contributed by atoms with Gasteiger partial charge in [-0.1, -0.05) is 62.2 Å². The van der Waals surface area contributed by atoms with Crippen molar-refractivity contribution in [3.8, 4) is 0 Å². The van der Waals surface area contributed by atoms with Gasteiger partial charge >= 0.3 is 0 Å². The van der Waals surface area contributed by atoms with Crippen LogP contribution in [0.25, 0.3) is 0 Å². The van der Waals surface area contributed by atoms with E-state index in [-0.39, 0.29) is 5.91 Å². The Labute approximate surface area is 216 Å². The highest BCUT2D eigenvalue weighted by atomic mass is 16.2. The second kappa shape index (κ2) is 12.6. The maximum atomic E-state index is 13.6. The van der Waals surface area contributed by atoms with E-state index < -0.39 is 0 Å². The van der Waals surface area contributed by atoms with E-state index in [0.717, 1.165) is 62.6 Å². The number of amides is 1. The fourth-order valence-corrected chi connectivity index (χ4v) is 4.76. The summed E-state index contributed by atoms with van der Waals surface area (Å²) in [5.74, 6) is 1.56. The first-order chi connectivity index (χ1) is 17.5. The quantitative estimate of drug-likeness (QED) is 0.342. The minimum atomic E-state index is -0.0193. The highest BCUT2D eigenvalue weighted by Gasteiger charge is 2.28. The molecule has 1 aliphatic heterocycles. The number of carbonyl (C=O) groups excluding carboxylic acids is 1. The molecule has 1 amide bonds. The molecule has 6 heteroatoms. The molecule has 0 fully saturated rings. The summed E-state index contributed by atoms with van der Waals surface area (Å²) >= 11 is 0. The normalized spacial score (nSPS) is 13.7. The molecule has 2 heterocycles. The van der Waals surface area contributed by atoms with Gasteiger partial charge in [-0.3, -0.25) is 4.79 Å². The van der Waals surface area contributed by atoms with Crippen molar-refractivity contribution in [1.29, 1.82) is 0 Å². The van der Waals surface area contributed by atoms with Gasteiger partial charge in [0.25, 0.3) is 5.91 Å². The summed E-state index contributed by atoms with van der Waals surface area (Å²) in [5.41, 5.74) is 4.13. The predicted molar refractivity (Wildman–Crippen MR) is 148 cm³/mol. The van der Waals surface area contributed by atoms with E-state index in [1.165, 1.54) is 24.0 Å². The Balaban J connectivity index is 1.40. The fourth-order valence-electron chi connectivity index (χ4n) is 4.76. The molecule has 0 saturated heterocycles. The molecule has 36 heavy (non-hydrogen) atoms. The molecule has 0 spiro atoms. The highest BCUT2D eigenvalue weighted by Crippen LogP contribution is 2.26. The predicted octanol–water partition coefficient (Wildman–Crippen LogP) is 5.37. The van der Waals surface area contributed by atoms with E-state index >= 15 is 0 Å². The van der Waals surface area contributed by atoms with Gasteiger partial charge in [-0.15, -0.1) is 0 Å². The number of rotatable bonds is 11. The molecule has 0 aliphatic carbocycles. The Morgan fingerprint density at radius 2 is 1.75 bits per heavy atom. The summed E-state index contributed by atoms with van der Waals surface area (Å²) in [6.07, 6.45) is 8.05. The van der Waals surface area contributed by atoms with Gasteiger partial charge in [-0.25, -0.2) is 9.97 Å². The number of nitrogens with zero attached hydrogens (tertiary/aromatic N) is 5. The first-order valence-electron chi connectivity index (χ1n) is 13.3. The topological polar surface area (TPSA) is 52.6 Å². The molecule has 4 rings (SSSR count). The van der Waals surface area contributed by atoms with E-state index in [1.807, 2.05) is 18.0 Å². The van der Waals surface area contributed by atoms with Crippen molar-refractivity contribution in [3.05, 3.63) is 83.3 Å². The Hall–Kier alpha value is -3.25. The summed E-state index contributed by atoms with van der Waals surface area (Å²) in [6, 6.07) is 19.0. The van der Waals surface area contributed by atoms with Crippen LogP contribution in [0.1, 0.15) is 59.9 Å². The van der Waals surface area contributed by atoms with E-state index in [9.17, 15) is 4.79 Å². The first kappa shape index (κ1) is 25.8. The van der Waals surface area contributed by atoms with Crippen molar-refractivity contribution < 1.29 is 4.79 Å². The van der Waals surface area contributed by atoms with Crippen LogP contribution in [0.15, 0.2) is 60.8 Å². The van der Waals surface area contributed by atoms with E-state index in [1.54, 1.807) is 6.20 Å². The molecular weight excluding hydrogens is 446 g/mol. The van der Waals surface area contributed by atoms with Crippen molar-refractivity contribution in [2.75, 3.05) is 43.5 Å². The molecule has 0 atom stereocenters. The van der Waals surface area contributed by atoms with Crippen molar-refractivity contribution >= 4 is 17.4 Å². The van der Waals surface area contributed by atoms with Crippen LogP contribution in [0, 0.1) is 0 Å². The van der Waals surface area contributed by atoms with Gasteiger partial charge in [-0.05, 0) is 56.1 Å². The Kier molecular flexibility index (Phi) is 9.06. The molecule has 0 N–H and O–H groups in total. The second-order valence-electron chi connectivity index (χ2n) is 9.86. The largest absolute Gasteiger partial charge is 0.357 e. The lowest BCUT2D eigenvalue weighted by Crippen LogP contribution is -2.33. The maximum Gasteiger partial charge on any atom is 0.263 e. The Morgan fingerprint density at radius 3 is 2.56 bits per heavy atom. The molecule has 190 valence electrons. The zero-order valence-electron chi connectivity index (χ0n) is 22.0. The Morgan fingerprint density at radius 1 is 0.944 bits per heavy atom. The van der Waals surface area contributed by atoms with Gasteiger partial charge in [-0.2, -0.15) is 0 Å². The third-order valence-corrected chi connectivity index (χ3v) is 6.84. The average Bonchev–Trinajstić information content (AvgIpc) is 3.01. The minimum Gasteiger partial charge on any atom is -0.357 e. The standard InChI is InChI=1S/C30H39N5O/c1-4-5-7-17-28-31-22-27-29(32-28)34(3)19-20-35(30(27)36)26-16-10-14-24(21-26)15-11-18-33(2)23-25-12-8-6-9-13-25/h6,8-10,12-14,16,21-22H,4-5,7,11,15,17-20,23H2,1-3H3. The van der Waals surface area contributed by atoms with Crippen molar-refractivity contribution in [1.82, 2.24) is 14.9 Å². The zero-order chi connectivity index (χ0) is 25.3. The number of anilines is 2. The van der Waals surface area contributed by atoms with E-state index in [4.69, 9.17) is 4.98 Å². The minimum absolute atomic E-state index is 0.0193. The van der Waals surface area contributed by atoms with Gasteiger partial charge in [0.15, 0.2) is 0 Å². The summed E-state index contributed by atoms with van der Waals surface area (Å²) in [7, 11) is 4.19. The molecule has 0 radical (unpaired) electrons. The smallest absolute Gasteiger partial charge is 0.263 e. The molecule has 6 nitrogen and oxygen atoms in total. The Bertz CT molecular complexity index is 1130. The van der Waals surface area contributed by atoms with Crippen LogP contribution >= 0.6 is 0 Å². The molecule has 1 aromatic heterocycles. The fraction of sp³-hybridized carbons (Fsp3) is 0.433. The second-order valence-corrected chi connectivity index (χ2v) is 9.86. The van der Waals surface area contributed by atoms with Crippen LogP contribution in [-0.4, -0.2) is 54.5 Å². The van der Waals surface area contributed by atoms with Crippen molar-refractivity contribution in [2.24, 2.45) is 0 Å². The number of likely N-dealkylation sites (N-methyl/N-ethyl adjacent to an activating group) is 1. The first-order valence-corrected chi connectivity index (χ1v) is 13.3. The van der Waals surface area contributed by atoms with Crippen LogP contribution in [0.2, 0.25) is 0 Å². The lowest BCUT2D eigenvalue weighted by molar-refractivity contribution is 0.0989. The zero-order valence-corrected chi connectivity index (χ0v) is 22.0. The SMILES string of the molecule is CCCCCc1ncc2c(n1)N(C)CCN(c1cccc(CCCN(C)Cc3ccccc3)c1)C2=O. The molecule has 0 bridgehead atoms. The molecular formula is C30H39N5O. The molecule has 1 aliphatic rings. The van der Waals surface area contributed by atoms with Crippen LogP contribution in [-0.2, 0) is 19.4 Å². The molecule has 0 unspecified atom stereocenters. The van der Waals surface area contributed by atoms with Crippen LogP contribution in [0.5, 0.6) is 0 Å². The van der Waals surface area contributed by atoms with Gasteiger partial charge in [0, 0.05) is 45.0 Å². The van der Waals surface area contributed by atoms with Gasteiger partial charge in [0.05, 0.1) is 0 Å². The highest BCUT2D eigenvalue weighted by molar-refractivity contribution is 6.09. The van der Waals surface area contributed by atoms with E-state index in [0.29, 0.717) is 12.1 Å². The lowest BCUT2D eigenvalue weighted by atomic mass is 10.1. The van der Waals surface area contributed by atoms with Gasteiger partial charge in [0.1, 0.15) is 17.2 Å². The van der Waals surface area contributed by atoms with E-state index in [2.05, 4.69) is 77.3 Å². The lowest BCUT2D eigenvalue weighted by Gasteiger charge is -2.22.